The minimum Gasteiger partial charge on any atom is -0.353 e. The van der Waals surface area contributed by atoms with E-state index in [1.54, 1.807) is 0 Å². The van der Waals surface area contributed by atoms with Crippen molar-refractivity contribution >= 4 is 34.5 Å². The van der Waals surface area contributed by atoms with Crippen molar-refractivity contribution in [1.82, 2.24) is 9.80 Å². The van der Waals surface area contributed by atoms with Crippen molar-refractivity contribution in [3.63, 3.8) is 0 Å². The van der Waals surface area contributed by atoms with Crippen molar-refractivity contribution in [1.29, 1.82) is 0 Å². The maximum absolute atomic E-state index is 7.59. The molecule has 0 atom stereocenters. The molecule has 2 aliphatic heterocycles. The Kier molecular flexibility index (Phi) is 2.93. The molecular formula is C18H19ClN4. The molecule has 0 bridgehead atoms. The van der Waals surface area contributed by atoms with E-state index >= 15 is 0 Å². The van der Waals surface area contributed by atoms with Crippen LogP contribution in [-0.4, -0.2) is 48.8 Å². The molecule has 0 spiro atoms. The average Bonchev–Trinajstić information content (AvgIpc) is 2.77. The van der Waals surface area contributed by atoms with Crippen LogP contribution in [0.2, 0.25) is 5.02 Å². The molecule has 2 aromatic rings. The molecule has 118 valence electrons. The molecule has 1 fully saturated rings. The van der Waals surface area contributed by atoms with Crippen molar-refractivity contribution in [2.75, 3.05) is 38.5 Å². The molecule has 0 radical (unpaired) electrons. The van der Waals surface area contributed by atoms with E-state index < -0.39 is 6.98 Å². The van der Waals surface area contributed by atoms with Crippen LogP contribution in [0, 0.1) is 0 Å². The van der Waals surface area contributed by atoms with Crippen LogP contribution in [0.15, 0.2) is 47.5 Å². The van der Waals surface area contributed by atoms with Crippen molar-refractivity contribution in [2.24, 2.45) is 4.99 Å². The Hall–Kier alpha value is -2.04. The highest BCUT2D eigenvalue weighted by Crippen LogP contribution is 2.36. The largest absolute Gasteiger partial charge is 0.353 e. The van der Waals surface area contributed by atoms with Gasteiger partial charge in [-0.1, -0.05) is 23.7 Å². The molecule has 0 amide bonds. The van der Waals surface area contributed by atoms with E-state index in [2.05, 4.69) is 10.2 Å². The van der Waals surface area contributed by atoms with Gasteiger partial charge in [0.15, 0.2) is 0 Å². The predicted molar refractivity (Wildman–Crippen MR) is 96.4 cm³/mol. The van der Waals surface area contributed by atoms with Gasteiger partial charge in [-0.25, -0.2) is 4.99 Å². The fraction of sp³-hybridized carbons (Fsp3) is 0.278. The van der Waals surface area contributed by atoms with Gasteiger partial charge in [-0.3, -0.25) is 0 Å². The number of fused-ring (bicyclic) bond motifs is 2. The van der Waals surface area contributed by atoms with Gasteiger partial charge in [-0.05, 0) is 37.3 Å². The number of rotatable bonds is 0. The van der Waals surface area contributed by atoms with Gasteiger partial charge in [-0.15, -0.1) is 0 Å². The Balaban J connectivity index is 1.72. The molecule has 0 aliphatic carbocycles. The summed E-state index contributed by atoms with van der Waals surface area (Å²) >= 11 is 6.16. The summed E-state index contributed by atoms with van der Waals surface area (Å²) < 4.78 is 22.8. The van der Waals surface area contributed by atoms with Gasteiger partial charge in [0.1, 0.15) is 5.84 Å². The van der Waals surface area contributed by atoms with Crippen LogP contribution in [0.1, 0.15) is 9.68 Å². The second kappa shape index (κ2) is 5.87. The Morgan fingerprint density at radius 2 is 1.91 bits per heavy atom. The lowest BCUT2D eigenvalue weighted by atomic mass is 10.1. The molecule has 5 heteroatoms. The van der Waals surface area contributed by atoms with E-state index in [1.807, 2.05) is 42.5 Å². The van der Waals surface area contributed by atoms with E-state index in [9.17, 15) is 0 Å². The van der Waals surface area contributed by atoms with Gasteiger partial charge in [0.05, 0.1) is 11.4 Å². The van der Waals surface area contributed by atoms with Gasteiger partial charge >= 0.3 is 0 Å². The average molecular weight is 330 g/mol. The third-order valence-corrected chi connectivity index (χ3v) is 4.44. The maximum Gasteiger partial charge on any atom is 0.138 e. The third-order valence-electron chi connectivity index (χ3n) is 4.20. The molecule has 0 saturated carbocycles. The Bertz CT molecular complexity index is 858. The summed E-state index contributed by atoms with van der Waals surface area (Å²) in [4.78, 5) is 8.58. The molecule has 0 aromatic heterocycles. The van der Waals surface area contributed by atoms with Crippen LogP contribution < -0.4 is 5.32 Å². The zero-order valence-electron chi connectivity index (χ0n) is 15.6. The molecule has 4 nitrogen and oxygen atoms in total. The number of benzene rings is 2. The molecular weight excluding hydrogens is 308 g/mol. The third kappa shape index (κ3) is 2.80. The number of anilines is 2. The summed E-state index contributed by atoms with van der Waals surface area (Å²) in [6.45, 7) is 0.140. The highest BCUT2D eigenvalue weighted by Gasteiger charge is 2.23. The summed E-state index contributed by atoms with van der Waals surface area (Å²) in [6.07, 6.45) is 0. The van der Waals surface area contributed by atoms with Crippen molar-refractivity contribution in [3.8, 4) is 0 Å². The number of halogens is 1. The number of hydrogen-bond donors (Lipinski definition) is 1. The van der Waals surface area contributed by atoms with Crippen LogP contribution in [0.5, 0.6) is 0 Å². The number of para-hydroxylation sites is 1. The monoisotopic (exact) mass is 329 g/mol. The Morgan fingerprint density at radius 1 is 1.09 bits per heavy atom. The molecule has 2 aromatic carbocycles. The summed E-state index contributed by atoms with van der Waals surface area (Å²) in [5.41, 5.74) is 3.66. The molecule has 0 unspecified atom stereocenters. The number of nitrogens with zero attached hydrogens (tertiary/aromatic N) is 3. The lowest BCUT2D eigenvalue weighted by molar-refractivity contribution is 0.216. The number of likely N-dealkylation sites (N-methyl/N-ethyl adjacent to an activating group) is 1. The lowest BCUT2D eigenvalue weighted by Gasteiger charge is -2.34. The van der Waals surface area contributed by atoms with Crippen LogP contribution in [0.4, 0.5) is 17.1 Å². The van der Waals surface area contributed by atoms with Crippen molar-refractivity contribution in [2.45, 2.75) is 0 Å². The molecule has 4 rings (SSSR count). The van der Waals surface area contributed by atoms with Crippen LogP contribution in [0.3, 0.4) is 0 Å². The second-order valence-corrected chi connectivity index (χ2v) is 6.18. The van der Waals surface area contributed by atoms with Crippen LogP contribution in [0.25, 0.3) is 0 Å². The highest BCUT2D eigenvalue weighted by molar-refractivity contribution is 6.31. The number of aliphatic imine (C=N–C) groups is 1. The van der Waals surface area contributed by atoms with Crippen LogP contribution >= 0.6 is 11.6 Å². The molecule has 2 aliphatic rings. The van der Waals surface area contributed by atoms with E-state index in [4.69, 9.17) is 20.7 Å². The smallest absolute Gasteiger partial charge is 0.138 e. The van der Waals surface area contributed by atoms with E-state index in [-0.39, 0.29) is 0 Å². The predicted octanol–water partition coefficient (Wildman–Crippen LogP) is 3.72. The summed E-state index contributed by atoms with van der Waals surface area (Å²) in [5.74, 6) is 0.847. The van der Waals surface area contributed by atoms with Crippen molar-refractivity contribution in [3.05, 3.63) is 53.1 Å². The Morgan fingerprint density at radius 3 is 2.74 bits per heavy atom. The molecule has 1 N–H and O–H groups in total. The first-order valence-electron chi connectivity index (χ1n) is 9.16. The minimum absolute atomic E-state index is 0.480. The molecule has 2 heterocycles. The first kappa shape index (κ1) is 11.5. The minimum atomic E-state index is -2.04. The lowest BCUT2D eigenvalue weighted by Crippen LogP contribution is -2.47. The molecule has 1 saturated heterocycles. The maximum atomic E-state index is 7.59. The number of hydrogen-bond acceptors (Lipinski definition) is 4. The van der Waals surface area contributed by atoms with Crippen LogP contribution in [-0.2, 0) is 0 Å². The number of piperazine rings is 1. The van der Waals surface area contributed by atoms with E-state index in [0.717, 1.165) is 28.5 Å². The van der Waals surface area contributed by atoms with Crippen molar-refractivity contribution < 1.29 is 4.11 Å². The van der Waals surface area contributed by atoms with E-state index in [1.165, 1.54) is 4.90 Å². The summed E-state index contributed by atoms with van der Waals surface area (Å²) in [5, 5.41) is 4.06. The van der Waals surface area contributed by atoms with E-state index in [0.29, 0.717) is 31.2 Å². The zero-order chi connectivity index (χ0) is 18.3. The first-order valence-corrected chi connectivity index (χ1v) is 8.04. The van der Waals surface area contributed by atoms with Gasteiger partial charge in [-0.2, -0.15) is 0 Å². The first-order chi connectivity index (χ1) is 12.4. The highest BCUT2D eigenvalue weighted by atomic mass is 35.5. The number of amidine groups is 1. The Labute approximate surface area is 145 Å². The second-order valence-electron chi connectivity index (χ2n) is 5.74. The van der Waals surface area contributed by atoms with Gasteiger partial charge < -0.3 is 15.1 Å². The fourth-order valence-corrected chi connectivity index (χ4v) is 3.14. The normalized spacial score (nSPS) is 20.1. The van der Waals surface area contributed by atoms with Gasteiger partial charge in [0, 0.05) is 46.6 Å². The van der Waals surface area contributed by atoms with Gasteiger partial charge in [0.25, 0.3) is 0 Å². The summed E-state index contributed by atoms with van der Waals surface area (Å²) in [6, 6.07) is 13.6. The summed E-state index contributed by atoms with van der Waals surface area (Å²) in [7, 11) is 0. The molecule has 23 heavy (non-hydrogen) atoms. The quantitative estimate of drug-likeness (QED) is 0.799. The van der Waals surface area contributed by atoms with Gasteiger partial charge in [0.2, 0.25) is 0 Å². The SMILES string of the molecule is [2H]C([2H])([2H])N1CCN(C2=Nc3cc(Cl)ccc3Nc3ccccc32)CC1. The fourth-order valence-electron chi connectivity index (χ4n) is 2.97. The zero-order valence-corrected chi connectivity index (χ0v) is 13.3. The number of nitrogens with one attached hydrogen (secondary N) is 1. The topological polar surface area (TPSA) is 30.9 Å². The standard InChI is InChI=1S/C18H19ClN4/c1-22-8-10-23(11-9-22)18-14-4-2-3-5-15(14)20-16-7-6-13(19)12-17(16)21-18/h2-7,12,20H,8-11H2,1H3/i1D3.